The average Bonchev–Trinajstić information content (AvgIpc) is 3.67. The Morgan fingerprint density at radius 2 is 1.06 bits per heavy atom. The third-order valence-corrected chi connectivity index (χ3v) is 10.3. The topological polar surface area (TPSA) is 51.8 Å². The van der Waals surface area contributed by atoms with Gasteiger partial charge in [-0.15, -0.1) is 0 Å². The van der Waals surface area contributed by atoms with Gasteiger partial charge in [-0.1, -0.05) is 147 Å². The highest BCUT2D eigenvalue weighted by molar-refractivity contribution is 6.13. The molecule has 1 aliphatic carbocycles. The Bertz CT molecular complexity index is 2780. The van der Waals surface area contributed by atoms with Crippen molar-refractivity contribution in [1.29, 1.82) is 0 Å². The van der Waals surface area contributed by atoms with Crippen LogP contribution in [0.2, 0.25) is 0 Å². The Morgan fingerprint density at radius 3 is 1.88 bits per heavy atom. The third kappa shape index (κ3) is 4.28. The summed E-state index contributed by atoms with van der Waals surface area (Å²) in [7, 11) is 0. The normalized spacial score (nSPS) is 13.2. The first kappa shape index (κ1) is 28.6. The molecule has 1 aliphatic rings. The summed E-state index contributed by atoms with van der Waals surface area (Å²) in [5.74, 6) is 1.90. The Hall–Kier alpha value is -6.39. The highest BCUT2D eigenvalue weighted by atomic mass is 16.3. The largest absolute Gasteiger partial charge is 0.456 e. The lowest BCUT2D eigenvalue weighted by Crippen LogP contribution is -2.17. The Kier molecular flexibility index (Phi) is 6.19. The SMILES string of the molecule is CC1(C)c2c(-c3nc(-c4ccccc4)nc(-c4ccc5c(c4)oc4cccc(-c6ccccc6)c45)n3)cccc2-c2ccc3ccccc3c21. The van der Waals surface area contributed by atoms with Gasteiger partial charge in [-0.25, -0.2) is 15.0 Å². The van der Waals surface area contributed by atoms with Crippen LogP contribution in [0.15, 0.2) is 156 Å². The fourth-order valence-corrected chi connectivity index (χ4v) is 8.10. The van der Waals surface area contributed by atoms with Gasteiger partial charge in [-0.3, -0.25) is 0 Å². The summed E-state index contributed by atoms with van der Waals surface area (Å²) < 4.78 is 6.49. The first-order chi connectivity index (χ1) is 24.5. The molecule has 2 heterocycles. The molecular weight excluding hydrogens is 611 g/mol. The van der Waals surface area contributed by atoms with Gasteiger partial charge in [-0.2, -0.15) is 0 Å². The van der Waals surface area contributed by atoms with Gasteiger partial charge in [0.15, 0.2) is 17.5 Å². The molecule has 0 N–H and O–H groups in total. The molecule has 2 aromatic heterocycles. The number of hydrogen-bond acceptors (Lipinski definition) is 4. The summed E-state index contributed by atoms with van der Waals surface area (Å²) in [5, 5.41) is 4.71. The van der Waals surface area contributed by atoms with E-state index >= 15 is 0 Å². The monoisotopic (exact) mass is 641 g/mol. The maximum Gasteiger partial charge on any atom is 0.164 e. The number of fused-ring (bicyclic) bond motifs is 8. The lowest BCUT2D eigenvalue weighted by Gasteiger charge is -2.25. The zero-order chi connectivity index (χ0) is 33.4. The Labute approximate surface area is 289 Å². The van der Waals surface area contributed by atoms with Crippen molar-refractivity contribution in [2.45, 2.75) is 19.3 Å². The standard InChI is InChI=1S/C46H31N3O/c1-46(2)41-33-18-10-9-15-29(33)23-25-35(41)34-20-11-21-37(42(34)46)45-48-43(30-16-7-4-8-17-30)47-44(49-45)31-24-26-36-39(27-31)50-38-22-12-19-32(40(36)38)28-13-5-3-6-14-28/h3-27H,1-2H3. The van der Waals surface area contributed by atoms with E-state index in [9.17, 15) is 0 Å². The summed E-state index contributed by atoms with van der Waals surface area (Å²) in [4.78, 5) is 15.5. The van der Waals surface area contributed by atoms with Crippen LogP contribution >= 0.6 is 0 Å². The van der Waals surface area contributed by atoms with E-state index in [1.807, 2.05) is 30.3 Å². The van der Waals surface area contributed by atoms with Crippen LogP contribution in [0.1, 0.15) is 25.0 Å². The van der Waals surface area contributed by atoms with E-state index in [1.165, 1.54) is 33.0 Å². The van der Waals surface area contributed by atoms with E-state index in [2.05, 4.69) is 135 Å². The Balaban J connectivity index is 1.17. The lowest BCUT2D eigenvalue weighted by molar-refractivity contribution is 0.667. The van der Waals surface area contributed by atoms with E-state index in [1.54, 1.807) is 0 Å². The van der Waals surface area contributed by atoms with Crippen molar-refractivity contribution in [3.8, 4) is 56.4 Å². The molecular formula is C46H31N3O. The van der Waals surface area contributed by atoms with Crippen molar-refractivity contribution in [2.75, 3.05) is 0 Å². The fraction of sp³-hybridized carbons (Fsp3) is 0.0652. The van der Waals surface area contributed by atoms with E-state index in [0.29, 0.717) is 17.5 Å². The second-order valence-corrected chi connectivity index (χ2v) is 13.6. The van der Waals surface area contributed by atoms with Crippen LogP contribution in [-0.2, 0) is 5.41 Å². The lowest BCUT2D eigenvalue weighted by atomic mass is 9.78. The second-order valence-electron chi connectivity index (χ2n) is 13.6. The molecule has 4 heteroatoms. The van der Waals surface area contributed by atoms with Crippen LogP contribution in [0.5, 0.6) is 0 Å². The van der Waals surface area contributed by atoms with Crippen molar-refractivity contribution in [3.05, 3.63) is 163 Å². The molecule has 0 spiro atoms. The molecule has 10 rings (SSSR count). The van der Waals surface area contributed by atoms with Gasteiger partial charge >= 0.3 is 0 Å². The van der Waals surface area contributed by atoms with Gasteiger partial charge in [0, 0.05) is 32.9 Å². The van der Waals surface area contributed by atoms with Crippen LogP contribution in [0.4, 0.5) is 0 Å². The minimum absolute atomic E-state index is 0.272. The number of furan rings is 1. The number of rotatable bonds is 4. The Morgan fingerprint density at radius 1 is 0.420 bits per heavy atom. The molecule has 0 aliphatic heterocycles. The van der Waals surface area contributed by atoms with E-state index in [4.69, 9.17) is 19.4 Å². The van der Waals surface area contributed by atoms with Gasteiger partial charge in [0.05, 0.1) is 0 Å². The summed E-state index contributed by atoms with van der Waals surface area (Å²) >= 11 is 0. The maximum atomic E-state index is 6.49. The molecule has 0 radical (unpaired) electrons. The number of benzene rings is 7. The van der Waals surface area contributed by atoms with Crippen LogP contribution in [0.25, 0.3) is 89.1 Å². The van der Waals surface area contributed by atoms with Crippen molar-refractivity contribution in [3.63, 3.8) is 0 Å². The fourth-order valence-electron chi connectivity index (χ4n) is 8.10. The molecule has 0 atom stereocenters. The quantitative estimate of drug-likeness (QED) is 0.192. The molecule has 236 valence electrons. The highest BCUT2D eigenvalue weighted by Gasteiger charge is 2.39. The van der Waals surface area contributed by atoms with Crippen LogP contribution in [-0.4, -0.2) is 15.0 Å². The highest BCUT2D eigenvalue weighted by Crippen LogP contribution is 2.54. The van der Waals surface area contributed by atoms with Gasteiger partial charge in [0.2, 0.25) is 0 Å². The molecule has 7 aromatic carbocycles. The summed E-state index contributed by atoms with van der Waals surface area (Å²) in [6.07, 6.45) is 0. The van der Waals surface area contributed by atoms with Crippen molar-refractivity contribution >= 4 is 32.7 Å². The molecule has 0 bridgehead atoms. The first-order valence-corrected chi connectivity index (χ1v) is 17.0. The van der Waals surface area contributed by atoms with E-state index in [-0.39, 0.29) is 5.41 Å². The van der Waals surface area contributed by atoms with Crippen molar-refractivity contribution in [2.24, 2.45) is 0 Å². The second kappa shape index (κ2) is 10.8. The zero-order valence-corrected chi connectivity index (χ0v) is 27.7. The molecule has 0 unspecified atom stereocenters. The summed E-state index contributed by atoms with van der Waals surface area (Å²) in [6.45, 7) is 4.65. The number of nitrogens with zero attached hydrogens (tertiary/aromatic N) is 3. The molecule has 4 nitrogen and oxygen atoms in total. The number of aromatic nitrogens is 3. The zero-order valence-electron chi connectivity index (χ0n) is 27.7. The van der Waals surface area contributed by atoms with Crippen LogP contribution in [0, 0.1) is 0 Å². The molecule has 0 saturated carbocycles. The van der Waals surface area contributed by atoms with Crippen LogP contribution in [0.3, 0.4) is 0 Å². The third-order valence-electron chi connectivity index (χ3n) is 10.3. The van der Waals surface area contributed by atoms with Gasteiger partial charge in [-0.05, 0) is 62.4 Å². The minimum atomic E-state index is -0.272. The van der Waals surface area contributed by atoms with Crippen molar-refractivity contribution < 1.29 is 4.42 Å². The van der Waals surface area contributed by atoms with Gasteiger partial charge < -0.3 is 4.42 Å². The smallest absolute Gasteiger partial charge is 0.164 e. The molecule has 9 aromatic rings. The predicted molar refractivity (Wildman–Crippen MR) is 204 cm³/mol. The summed E-state index contributed by atoms with van der Waals surface area (Å²) in [6, 6.07) is 52.9. The van der Waals surface area contributed by atoms with Gasteiger partial charge in [0.25, 0.3) is 0 Å². The molecule has 50 heavy (non-hydrogen) atoms. The minimum Gasteiger partial charge on any atom is -0.456 e. The van der Waals surface area contributed by atoms with Crippen LogP contribution < -0.4 is 0 Å². The maximum absolute atomic E-state index is 6.49. The van der Waals surface area contributed by atoms with Gasteiger partial charge in [0.1, 0.15) is 11.2 Å². The molecule has 0 saturated heterocycles. The van der Waals surface area contributed by atoms with Crippen molar-refractivity contribution in [1.82, 2.24) is 15.0 Å². The average molecular weight is 642 g/mol. The van der Waals surface area contributed by atoms with E-state index < -0.39 is 0 Å². The molecule has 0 amide bonds. The molecule has 0 fully saturated rings. The first-order valence-electron chi connectivity index (χ1n) is 17.0. The number of hydrogen-bond donors (Lipinski definition) is 0. The van der Waals surface area contributed by atoms with E-state index in [0.717, 1.165) is 49.8 Å². The summed E-state index contributed by atoms with van der Waals surface area (Å²) in [5.41, 5.74) is 11.6. The predicted octanol–water partition coefficient (Wildman–Crippen LogP) is 11.9.